The molecule has 8 heteroatoms. The third kappa shape index (κ3) is 2.48. The van der Waals surface area contributed by atoms with Gasteiger partial charge in [-0.3, -0.25) is 5.10 Å². The van der Waals surface area contributed by atoms with Gasteiger partial charge in [-0.25, -0.2) is 0 Å². The number of aromatic amines is 1. The zero-order valence-electron chi connectivity index (χ0n) is 12.1. The lowest BCUT2D eigenvalue weighted by atomic mass is 9.83. The molecule has 0 spiro atoms. The second-order valence-electron chi connectivity index (χ2n) is 4.98. The van der Waals surface area contributed by atoms with Crippen LogP contribution < -0.4 is 10.5 Å². The number of nitriles is 1. The van der Waals surface area contributed by atoms with E-state index in [9.17, 15) is 10.4 Å². The van der Waals surface area contributed by atoms with Crippen LogP contribution in [0.25, 0.3) is 0 Å². The number of aromatic hydroxyl groups is 1. The smallest absolute Gasteiger partial charge is 0.244 e. The summed E-state index contributed by atoms with van der Waals surface area (Å²) < 4.78 is 10.5. The molecular weight excluding hydrogens is 320 g/mol. The fourth-order valence-electron chi connectivity index (χ4n) is 2.63. The average molecular weight is 333 g/mol. The summed E-state index contributed by atoms with van der Waals surface area (Å²) in [5, 5.41) is 27.0. The number of phenolic OH excluding ortho intramolecular Hbond substituents is 1. The molecule has 2 heterocycles. The number of fused-ring (bicyclic) bond motifs is 1. The van der Waals surface area contributed by atoms with Crippen molar-refractivity contribution < 1.29 is 14.6 Å². The normalized spacial score (nSPS) is 16.7. The maximum absolute atomic E-state index is 10.2. The van der Waals surface area contributed by atoms with Crippen LogP contribution in [-0.2, 0) is 11.3 Å². The number of hydrogen-bond donors (Lipinski definition) is 3. The first kappa shape index (κ1) is 15.2. The largest absolute Gasteiger partial charge is 0.508 e. The van der Waals surface area contributed by atoms with E-state index in [0.29, 0.717) is 21.8 Å². The number of halogens is 1. The van der Waals surface area contributed by atoms with Crippen molar-refractivity contribution >= 4 is 11.6 Å². The molecule has 23 heavy (non-hydrogen) atoms. The van der Waals surface area contributed by atoms with Gasteiger partial charge >= 0.3 is 0 Å². The number of nitrogens with two attached hydrogens (primary N) is 1. The number of aromatic nitrogens is 2. The first-order valence-corrected chi connectivity index (χ1v) is 7.06. The molecule has 0 bridgehead atoms. The predicted molar refractivity (Wildman–Crippen MR) is 81.7 cm³/mol. The summed E-state index contributed by atoms with van der Waals surface area (Å²) in [6, 6.07) is 6.66. The third-order valence-corrected chi connectivity index (χ3v) is 3.84. The Labute approximate surface area is 136 Å². The van der Waals surface area contributed by atoms with Crippen molar-refractivity contribution in [3.05, 3.63) is 51.5 Å². The number of rotatable bonds is 3. The van der Waals surface area contributed by atoms with E-state index in [1.807, 2.05) is 6.07 Å². The van der Waals surface area contributed by atoms with E-state index in [4.69, 9.17) is 26.8 Å². The van der Waals surface area contributed by atoms with Crippen LogP contribution in [0.4, 0.5) is 0 Å². The molecule has 1 unspecified atom stereocenters. The van der Waals surface area contributed by atoms with Crippen molar-refractivity contribution in [2.24, 2.45) is 5.73 Å². The van der Waals surface area contributed by atoms with Crippen LogP contribution in [0.5, 0.6) is 11.6 Å². The number of nitrogens with zero attached hydrogens (tertiary/aromatic N) is 2. The van der Waals surface area contributed by atoms with Gasteiger partial charge in [0.1, 0.15) is 17.4 Å². The predicted octanol–water partition coefficient (Wildman–Crippen LogP) is 2.13. The van der Waals surface area contributed by atoms with Crippen LogP contribution in [-0.4, -0.2) is 22.4 Å². The van der Waals surface area contributed by atoms with Crippen molar-refractivity contribution in [1.82, 2.24) is 10.2 Å². The van der Waals surface area contributed by atoms with Crippen LogP contribution in [0.15, 0.2) is 29.7 Å². The first-order valence-electron chi connectivity index (χ1n) is 6.68. The molecule has 7 nitrogen and oxygen atoms in total. The lowest BCUT2D eigenvalue weighted by Gasteiger charge is -2.24. The van der Waals surface area contributed by atoms with Gasteiger partial charge in [0.15, 0.2) is 0 Å². The molecule has 1 aliphatic heterocycles. The van der Waals surface area contributed by atoms with Gasteiger partial charge in [-0.15, -0.1) is 5.10 Å². The first-order chi connectivity index (χ1) is 11.1. The molecule has 0 amide bonds. The fraction of sp³-hybridized carbons (Fsp3) is 0.200. The summed E-state index contributed by atoms with van der Waals surface area (Å²) in [7, 11) is 1.54. The molecule has 1 aromatic heterocycles. The summed E-state index contributed by atoms with van der Waals surface area (Å²) >= 11 is 6.04. The highest BCUT2D eigenvalue weighted by Crippen LogP contribution is 2.45. The SMILES string of the molecule is COCc1[nH]nc2c1C(c1cc(Cl)ccc1O)C(C#N)=C(N)O2. The fourth-order valence-corrected chi connectivity index (χ4v) is 2.81. The summed E-state index contributed by atoms with van der Waals surface area (Å²) in [5.74, 6) is -0.457. The van der Waals surface area contributed by atoms with Crippen LogP contribution in [0.3, 0.4) is 0 Å². The Morgan fingerprint density at radius 2 is 2.35 bits per heavy atom. The van der Waals surface area contributed by atoms with E-state index in [2.05, 4.69) is 10.2 Å². The Balaban J connectivity index is 2.26. The Bertz CT molecular complexity index is 838. The maximum Gasteiger partial charge on any atom is 0.244 e. The zero-order chi connectivity index (χ0) is 16.6. The average Bonchev–Trinajstić information content (AvgIpc) is 2.91. The Morgan fingerprint density at radius 1 is 1.57 bits per heavy atom. The van der Waals surface area contributed by atoms with Crippen LogP contribution >= 0.6 is 11.6 Å². The summed E-state index contributed by atoms with van der Waals surface area (Å²) in [4.78, 5) is 0. The quantitative estimate of drug-likeness (QED) is 0.792. The molecule has 1 atom stereocenters. The number of H-pyrrole nitrogens is 1. The van der Waals surface area contributed by atoms with Gasteiger partial charge in [-0.05, 0) is 18.2 Å². The molecule has 0 saturated heterocycles. The van der Waals surface area contributed by atoms with Crippen molar-refractivity contribution in [1.29, 1.82) is 5.26 Å². The van der Waals surface area contributed by atoms with E-state index < -0.39 is 5.92 Å². The van der Waals surface area contributed by atoms with Gasteiger partial charge in [0.05, 0.1) is 23.8 Å². The van der Waals surface area contributed by atoms with Gasteiger partial charge < -0.3 is 20.3 Å². The highest BCUT2D eigenvalue weighted by Gasteiger charge is 2.36. The molecule has 2 aromatic rings. The highest BCUT2D eigenvalue weighted by atomic mass is 35.5. The number of nitrogens with one attached hydrogen (secondary N) is 1. The van der Waals surface area contributed by atoms with Gasteiger partial charge in [-0.1, -0.05) is 11.6 Å². The molecule has 0 saturated carbocycles. The summed E-state index contributed by atoms with van der Waals surface area (Å²) in [5.41, 5.74) is 7.68. The second-order valence-corrected chi connectivity index (χ2v) is 5.42. The highest BCUT2D eigenvalue weighted by molar-refractivity contribution is 6.30. The minimum Gasteiger partial charge on any atom is -0.508 e. The van der Waals surface area contributed by atoms with Gasteiger partial charge in [0.25, 0.3) is 0 Å². The van der Waals surface area contributed by atoms with E-state index in [0.717, 1.165) is 0 Å². The standard InChI is InChI=1S/C15H13ClN4O3/c1-22-6-10-13-12(8-4-7(16)2-3-11(8)21)9(5-17)14(18)23-15(13)20-19-10/h2-4,12,21H,6,18H2,1H3,(H,19,20). The molecule has 0 fully saturated rings. The summed E-state index contributed by atoms with van der Waals surface area (Å²) in [6.45, 7) is 0.238. The Kier molecular flexibility index (Phi) is 3.86. The number of benzene rings is 1. The molecule has 0 radical (unpaired) electrons. The zero-order valence-corrected chi connectivity index (χ0v) is 12.9. The van der Waals surface area contributed by atoms with E-state index in [1.165, 1.54) is 13.2 Å². The second kappa shape index (κ2) is 5.83. The number of ether oxygens (including phenoxy) is 2. The number of methoxy groups -OCH3 is 1. The van der Waals surface area contributed by atoms with Gasteiger partial charge in [0.2, 0.25) is 11.8 Å². The molecule has 118 valence electrons. The maximum atomic E-state index is 10.2. The molecular formula is C15H13ClN4O3. The van der Waals surface area contributed by atoms with Gasteiger partial charge in [-0.2, -0.15) is 5.26 Å². The monoisotopic (exact) mass is 332 g/mol. The lowest BCUT2D eigenvalue weighted by Crippen LogP contribution is -2.21. The van der Waals surface area contributed by atoms with Crippen LogP contribution in [0.2, 0.25) is 5.02 Å². The molecule has 1 aliphatic rings. The van der Waals surface area contributed by atoms with Crippen LogP contribution in [0.1, 0.15) is 22.7 Å². The number of hydrogen-bond acceptors (Lipinski definition) is 6. The van der Waals surface area contributed by atoms with Crippen molar-refractivity contribution in [3.63, 3.8) is 0 Å². The van der Waals surface area contributed by atoms with E-state index >= 15 is 0 Å². The minimum absolute atomic E-state index is 0.00244. The number of allylic oxidation sites excluding steroid dienone is 1. The van der Waals surface area contributed by atoms with E-state index in [1.54, 1.807) is 12.1 Å². The lowest BCUT2D eigenvalue weighted by molar-refractivity contribution is 0.180. The topological polar surface area (TPSA) is 117 Å². The Hall–Kier alpha value is -2.69. The van der Waals surface area contributed by atoms with Gasteiger partial charge in [0, 0.05) is 17.7 Å². The van der Waals surface area contributed by atoms with Crippen LogP contribution in [0, 0.1) is 11.3 Å². The third-order valence-electron chi connectivity index (χ3n) is 3.61. The van der Waals surface area contributed by atoms with E-state index in [-0.39, 0.29) is 29.7 Å². The molecule has 0 aliphatic carbocycles. The van der Waals surface area contributed by atoms with Crippen molar-refractivity contribution in [3.8, 4) is 17.7 Å². The Morgan fingerprint density at radius 3 is 3.04 bits per heavy atom. The molecule has 3 rings (SSSR count). The van der Waals surface area contributed by atoms with Crippen molar-refractivity contribution in [2.45, 2.75) is 12.5 Å². The summed E-state index contributed by atoms with van der Waals surface area (Å²) in [6.07, 6.45) is 0. The minimum atomic E-state index is -0.647. The molecule has 1 aromatic carbocycles. The van der Waals surface area contributed by atoms with Crippen molar-refractivity contribution in [2.75, 3.05) is 7.11 Å². The molecule has 4 N–H and O–H groups in total. The number of phenols is 1.